The Morgan fingerprint density at radius 3 is 1.68 bits per heavy atom. The second-order valence-corrected chi connectivity index (χ2v) is 17.3. The highest BCUT2D eigenvalue weighted by Crippen LogP contribution is 2.54. The second kappa shape index (κ2) is 14.3. The summed E-state index contributed by atoms with van der Waals surface area (Å²) >= 11 is 1.86. The summed E-state index contributed by atoms with van der Waals surface area (Å²) in [4.78, 5) is 2.50. The lowest BCUT2D eigenvalue weighted by Crippen LogP contribution is -2.17. The number of benzene rings is 9. The molecule has 9 aromatic carbocycles. The molecular weight excluding hydrogens is 750 g/mol. The number of rotatable bonds is 7. The van der Waals surface area contributed by atoms with Crippen LogP contribution in [0.15, 0.2) is 206 Å². The van der Waals surface area contributed by atoms with E-state index in [1.54, 1.807) is 0 Å². The first kappa shape index (κ1) is 36.0. The average Bonchev–Trinajstić information content (AvgIpc) is 3.79. The van der Waals surface area contributed by atoms with Crippen molar-refractivity contribution in [1.82, 2.24) is 0 Å². The van der Waals surface area contributed by atoms with Gasteiger partial charge in [-0.25, -0.2) is 4.39 Å². The number of hydrogen-bond acceptors (Lipinski definition) is 2. The minimum Gasteiger partial charge on any atom is -0.309 e. The van der Waals surface area contributed by atoms with Crippen LogP contribution < -0.4 is 4.90 Å². The maximum atomic E-state index is 13.9. The third kappa shape index (κ3) is 6.04. The Hall–Kier alpha value is -7.07. The fraction of sp³-hybridized carbons (Fsp3) is 0.0526. The summed E-state index contributed by atoms with van der Waals surface area (Å²) in [7, 11) is 0. The van der Waals surface area contributed by atoms with Crippen molar-refractivity contribution in [2.24, 2.45) is 0 Å². The summed E-state index contributed by atoms with van der Waals surface area (Å²) in [5.74, 6) is -0.225. The fourth-order valence-electron chi connectivity index (χ4n) is 9.30. The average molecular weight is 790 g/mol. The normalized spacial score (nSPS) is 12.7. The first-order valence-corrected chi connectivity index (χ1v) is 21.3. The van der Waals surface area contributed by atoms with Crippen molar-refractivity contribution in [3.63, 3.8) is 0 Å². The Labute approximate surface area is 354 Å². The van der Waals surface area contributed by atoms with Gasteiger partial charge in [-0.2, -0.15) is 0 Å². The topological polar surface area (TPSA) is 3.24 Å². The van der Waals surface area contributed by atoms with Gasteiger partial charge in [0.1, 0.15) is 5.82 Å². The molecule has 0 bridgehead atoms. The van der Waals surface area contributed by atoms with Gasteiger partial charge in [0, 0.05) is 36.8 Å². The van der Waals surface area contributed by atoms with Gasteiger partial charge in [0.05, 0.1) is 11.4 Å². The van der Waals surface area contributed by atoms with Crippen molar-refractivity contribution < 1.29 is 4.39 Å². The Balaban J connectivity index is 1.15. The van der Waals surface area contributed by atoms with Crippen LogP contribution in [0.25, 0.3) is 75.8 Å². The van der Waals surface area contributed by atoms with Crippen LogP contribution in [0.3, 0.4) is 0 Å². The van der Waals surface area contributed by atoms with Crippen LogP contribution in [0.2, 0.25) is 0 Å². The molecule has 1 nitrogen and oxygen atoms in total. The molecule has 0 amide bonds. The molecule has 1 aromatic heterocycles. The number of anilines is 3. The van der Waals surface area contributed by atoms with Gasteiger partial charge in [-0.1, -0.05) is 159 Å². The number of fused-ring (bicyclic) bond motifs is 6. The van der Waals surface area contributed by atoms with E-state index in [0.29, 0.717) is 0 Å². The smallest absolute Gasteiger partial charge is 0.123 e. The molecule has 0 radical (unpaired) electrons. The Morgan fingerprint density at radius 2 is 0.983 bits per heavy atom. The number of hydrogen-bond donors (Lipinski definition) is 0. The largest absolute Gasteiger partial charge is 0.309 e. The number of halogens is 1. The van der Waals surface area contributed by atoms with Crippen molar-refractivity contribution >= 4 is 48.6 Å². The molecule has 10 aromatic rings. The number of nitrogens with zero attached hydrogens (tertiary/aromatic N) is 1. The van der Waals surface area contributed by atoms with E-state index in [-0.39, 0.29) is 11.2 Å². The van der Waals surface area contributed by atoms with Crippen molar-refractivity contribution in [3.8, 4) is 55.6 Å². The zero-order valence-corrected chi connectivity index (χ0v) is 34.2. The molecule has 0 fully saturated rings. The second-order valence-electron chi connectivity index (χ2n) is 16.3. The van der Waals surface area contributed by atoms with E-state index >= 15 is 0 Å². The summed E-state index contributed by atoms with van der Waals surface area (Å²) in [5.41, 5.74) is 17.4. The van der Waals surface area contributed by atoms with Crippen LogP contribution >= 0.6 is 11.3 Å². The summed E-state index contributed by atoms with van der Waals surface area (Å²) in [6.45, 7) is 4.68. The van der Waals surface area contributed by atoms with Crippen molar-refractivity contribution in [3.05, 3.63) is 223 Å². The molecule has 0 aliphatic heterocycles. The third-order valence-electron chi connectivity index (χ3n) is 12.3. The molecule has 1 aliphatic carbocycles. The molecule has 0 unspecified atom stereocenters. The maximum Gasteiger partial charge on any atom is 0.123 e. The van der Waals surface area contributed by atoms with E-state index in [2.05, 4.69) is 201 Å². The molecule has 286 valence electrons. The van der Waals surface area contributed by atoms with Crippen LogP contribution in [0.5, 0.6) is 0 Å². The van der Waals surface area contributed by atoms with Gasteiger partial charge in [0.2, 0.25) is 0 Å². The molecule has 3 heteroatoms. The zero-order chi connectivity index (χ0) is 40.4. The van der Waals surface area contributed by atoms with E-state index in [1.165, 1.54) is 76.8 Å². The maximum absolute atomic E-state index is 13.9. The van der Waals surface area contributed by atoms with Crippen LogP contribution in [-0.2, 0) is 5.41 Å². The molecule has 0 saturated heterocycles. The molecule has 1 heterocycles. The van der Waals surface area contributed by atoms with Crippen molar-refractivity contribution in [2.45, 2.75) is 19.3 Å². The lowest BCUT2D eigenvalue weighted by Gasteiger charge is -2.31. The predicted octanol–water partition coefficient (Wildman–Crippen LogP) is 16.6. The summed E-state index contributed by atoms with van der Waals surface area (Å²) in [5, 5.41) is 2.50. The van der Waals surface area contributed by atoms with Crippen LogP contribution in [-0.4, -0.2) is 0 Å². The Bertz CT molecular complexity index is 3220. The van der Waals surface area contributed by atoms with Crippen LogP contribution in [0, 0.1) is 5.82 Å². The van der Waals surface area contributed by atoms with Crippen molar-refractivity contribution in [1.29, 1.82) is 0 Å². The Morgan fingerprint density at radius 1 is 0.400 bits per heavy atom. The van der Waals surface area contributed by atoms with E-state index in [0.717, 1.165) is 39.3 Å². The molecule has 11 rings (SSSR count). The van der Waals surface area contributed by atoms with E-state index in [1.807, 2.05) is 23.5 Å². The molecule has 0 N–H and O–H groups in total. The molecule has 1 aliphatic rings. The molecule has 0 saturated carbocycles. The summed E-state index contributed by atoms with van der Waals surface area (Å²) in [6.07, 6.45) is 0. The van der Waals surface area contributed by atoms with E-state index in [4.69, 9.17) is 0 Å². The minimum atomic E-state index is -0.248. The molecular formula is C57H40FNS. The first-order chi connectivity index (χ1) is 29.4. The van der Waals surface area contributed by atoms with E-state index < -0.39 is 0 Å². The lowest BCUT2D eigenvalue weighted by molar-refractivity contribution is 0.628. The van der Waals surface area contributed by atoms with Crippen molar-refractivity contribution in [2.75, 3.05) is 4.90 Å². The van der Waals surface area contributed by atoms with Gasteiger partial charge in [-0.15, -0.1) is 11.3 Å². The van der Waals surface area contributed by atoms with Gasteiger partial charge >= 0.3 is 0 Å². The standard InChI is InChI=1S/C57H40FNS/c1-57(2)50-31-24-41(39-21-26-44(58)27-22-39)34-49(50)46-30-28-45(36-51(46)57)59(52-32-25-42(37-13-6-3-7-14-37)33-48(52)40-17-10-5-11-18-40)53-19-12-20-54-56(53)47-29-23-43(35-55(47)60-54)38-15-8-4-9-16-38/h3-36H,1-2H3. The van der Waals surface area contributed by atoms with Gasteiger partial charge < -0.3 is 4.90 Å². The van der Waals surface area contributed by atoms with Crippen LogP contribution in [0.1, 0.15) is 25.0 Å². The zero-order valence-electron chi connectivity index (χ0n) is 33.4. The van der Waals surface area contributed by atoms with E-state index in [9.17, 15) is 4.39 Å². The van der Waals surface area contributed by atoms with Gasteiger partial charge in [0.25, 0.3) is 0 Å². The summed E-state index contributed by atoms with van der Waals surface area (Å²) < 4.78 is 16.4. The van der Waals surface area contributed by atoms with Crippen LogP contribution in [0.4, 0.5) is 21.5 Å². The summed E-state index contributed by atoms with van der Waals surface area (Å²) in [6, 6.07) is 73.3. The van der Waals surface area contributed by atoms with Gasteiger partial charge in [0.15, 0.2) is 0 Å². The minimum absolute atomic E-state index is 0.225. The Kier molecular flexibility index (Phi) is 8.61. The highest BCUT2D eigenvalue weighted by molar-refractivity contribution is 7.26. The molecule has 60 heavy (non-hydrogen) atoms. The predicted molar refractivity (Wildman–Crippen MR) is 253 cm³/mol. The fourth-order valence-corrected chi connectivity index (χ4v) is 10.5. The highest BCUT2D eigenvalue weighted by Gasteiger charge is 2.36. The lowest BCUT2D eigenvalue weighted by atomic mass is 9.82. The quantitative estimate of drug-likeness (QED) is 0.155. The first-order valence-electron chi connectivity index (χ1n) is 20.5. The molecule has 0 spiro atoms. The van der Waals surface area contributed by atoms with Gasteiger partial charge in [-0.3, -0.25) is 0 Å². The number of thiophene rings is 1. The SMILES string of the molecule is CC1(C)c2ccc(-c3ccc(F)cc3)cc2-c2ccc(N(c3ccc(-c4ccccc4)cc3-c3ccccc3)c3cccc4sc5cc(-c6ccccc6)ccc5c34)cc21. The molecule has 0 atom stereocenters. The third-order valence-corrected chi connectivity index (χ3v) is 13.5. The van der Waals surface area contributed by atoms with Gasteiger partial charge in [-0.05, 0) is 122 Å². The monoisotopic (exact) mass is 789 g/mol. The highest BCUT2D eigenvalue weighted by atomic mass is 32.1.